The van der Waals surface area contributed by atoms with Crippen LogP contribution in [0.25, 0.3) is 0 Å². The molecule has 1 fully saturated rings. The van der Waals surface area contributed by atoms with Gasteiger partial charge in [-0.15, -0.1) is 35.3 Å². The van der Waals surface area contributed by atoms with Crippen LogP contribution in [0.1, 0.15) is 24.6 Å². The number of hydrogen-bond acceptors (Lipinski definition) is 3. The molecule has 4 nitrogen and oxygen atoms in total. The minimum absolute atomic E-state index is 0. The van der Waals surface area contributed by atoms with Crippen molar-refractivity contribution in [2.45, 2.75) is 31.8 Å². The Hall–Kier alpha value is -0.0500. The summed E-state index contributed by atoms with van der Waals surface area (Å²) in [4.78, 5) is 5.51. The molecule has 2 rings (SSSR count). The molecule has 1 aliphatic heterocycles. The summed E-state index contributed by atoms with van der Waals surface area (Å²) in [5.41, 5.74) is -0.0566. The number of aliphatic imine (C=N–C) groups is 1. The average molecular weight is 444 g/mol. The van der Waals surface area contributed by atoms with Crippen LogP contribution in [0.2, 0.25) is 4.34 Å². The maximum Gasteiger partial charge on any atom is 0.191 e. The fourth-order valence-electron chi connectivity index (χ4n) is 2.26. The molecule has 7 heteroatoms. The molecule has 1 aromatic rings. The summed E-state index contributed by atoms with van der Waals surface area (Å²) in [7, 11) is 1.79. The van der Waals surface area contributed by atoms with E-state index < -0.39 is 0 Å². The molecule has 1 aliphatic rings. The molecule has 0 spiro atoms. The van der Waals surface area contributed by atoms with Crippen LogP contribution < -0.4 is 10.6 Å². The first-order valence-corrected chi connectivity index (χ1v) is 8.13. The van der Waals surface area contributed by atoms with Crippen molar-refractivity contribution < 1.29 is 4.74 Å². The lowest BCUT2D eigenvalue weighted by atomic mass is 10.0. The van der Waals surface area contributed by atoms with Crippen molar-refractivity contribution in [3.8, 4) is 0 Å². The highest BCUT2D eigenvalue weighted by Crippen LogP contribution is 2.24. The molecule has 1 unspecified atom stereocenters. The molecule has 0 amide bonds. The lowest BCUT2D eigenvalue weighted by Crippen LogP contribution is -2.45. The van der Waals surface area contributed by atoms with Crippen LogP contribution in [0, 0.1) is 0 Å². The Balaban J connectivity index is 0.00000220. The molecule has 2 N–H and O–H groups in total. The number of thiophene rings is 1. The molecule has 1 saturated heterocycles. The van der Waals surface area contributed by atoms with Gasteiger partial charge in [-0.25, -0.2) is 0 Å². The van der Waals surface area contributed by atoms with Crippen molar-refractivity contribution in [2.24, 2.45) is 4.99 Å². The molecule has 1 atom stereocenters. The summed E-state index contributed by atoms with van der Waals surface area (Å²) < 4.78 is 6.60. The molecular weight excluding hydrogens is 421 g/mol. The predicted octanol–water partition coefficient (Wildman–Crippen LogP) is 3.30. The van der Waals surface area contributed by atoms with Crippen LogP contribution in [-0.4, -0.2) is 38.3 Å². The first kappa shape index (κ1) is 19.0. The lowest BCUT2D eigenvalue weighted by Gasteiger charge is -2.24. The highest BCUT2D eigenvalue weighted by Gasteiger charge is 2.29. The normalized spacial score (nSPS) is 22.0. The van der Waals surface area contributed by atoms with Gasteiger partial charge in [-0.2, -0.15) is 0 Å². The number of rotatable bonds is 5. The maximum atomic E-state index is 5.92. The van der Waals surface area contributed by atoms with Gasteiger partial charge in [0.15, 0.2) is 5.96 Å². The predicted molar refractivity (Wildman–Crippen MR) is 101 cm³/mol. The molecule has 0 saturated carbocycles. The van der Waals surface area contributed by atoms with Crippen molar-refractivity contribution in [3.05, 3.63) is 21.3 Å². The van der Waals surface area contributed by atoms with Crippen LogP contribution in [-0.2, 0) is 11.2 Å². The van der Waals surface area contributed by atoms with E-state index in [-0.39, 0.29) is 29.6 Å². The van der Waals surface area contributed by atoms with Gasteiger partial charge in [-0.05, 0) is 38.3 Å². The molecular formula is C14H23ClIN3OS. The molecule has 0 aliphatic carbocycles. The van der Waals surface area contributed by atoms with Crippen molar-refractivity contribution in [2.75, 3.05) is 26.7 Å². The number of halogens is 2. The van der Waals surface area contributed by atoms with Gasteiger partial charge >= 0.3 is 0 Å². The van der Waals surface area contributed by atoms with E-state index in [1.54, 1.807) is 18.4 Å². The van der Waals surface area contributed by atoms with Crippen molar-refractivity contribution in [1.82, 2.24) is 10.6 Å². The Morgan fingerprint density at radius 3 is 2.86 bits per heavy atom. The van der Waals surface area contributed by atoms with E-state index in [0.717, 1.165) is 49.3 Å². The lowest BCUT2D eigenvalue weighted by molar-refractivity contribution is 0.0243. The van der Waals surface area contributed by atoms with Crippen LogP contribution >= 0.6 is 46.9 Å². The molecule has 21 heavy (non-hydrogen) atoms. The van der Waals surface area contributed by atoms with E-state index in [0.29, 0.717) is 0 Å². The number of guanidine groups is 1. The highest BCUT2D eigenvalue weighted by molar-refractivity contribution is 14.0. The first-order chi connectivity index (χ1) is 9.61. The van der Waals surface area contributed by atoms with Gasteiger partial charge in [0, 0.05) is 31.6 Å². The number of nitrogens with zero attached hydrogens (tertiary/aromatic N) is 1. The Morgan fingerprint density at radius 2 is 2.29 bits per heavy atom. The molecule has 0 bridgehead atoms. The highest BCUT2D eigenvalue weighted by atomic mass is 127. The summed E-state index contributed by atoms with van der Waals surface area (Å²) in [6, 6.07) is 4.01. The molecule has 2 heterocycles. The van der Waals surface area contributed by atoms with Gasteiger partial charge in [0.05, 0.1) is 9.94 Å². The molecule has 0 aromatic carbocycles. The molecule has 0 radical (unpaired) electrons. The number of nitrogens with one attached hydrogen (secondary N) is 2. The summed E-state index contributed by atoms with van der Waals surface area (Å²) in [6.07, 6.45) is 3.19. The van der Waals surface area contributed by atoms with Crippen molar-refractivity contribution in [3.63, 3.8) is 0 Å². The zero-order chi connectivity index (χ0) is 14.4. The smallest absolute Gasteiger partial charge is 0.191 e. The fraction of sp³-hybridized carbons (Fsp3) is 0.643. The largest absolute Gasteiger partial charge is 0.373 e. The van der Waals surface area contributed by atoms with Crippen molar-refractivity contribution >= 4 is 52.9 Å². The van der Waals surface area contributed by atoms with Crippen LogP contribution in [0.15, 0.2) is 17.1 Å². The average Bonchev–Trinajstić information content (AvgIpc) is 3.03. The second kappa shape index (κ2) is 9.17. The van der Waals surface area contributed by atoms with E-state index >= 15 is 0 Å². The monoisotopic (exact) mass is 443 g/mol. The van der Waals surface area contributed by atoms with Gasteiger partial charge in [0.1, 0.15) is 0 Å². The van der Waals surface area contributed by atoms with Gasteiger partial charge in [-0.3, -0.25) is 4.99 Å². The van der Waals surface area contributed by atoms with E-state index in [9.17, 15) is 0 Å². The Bertz CT molecular complexity index is 461. The van der Waals surface area contributed by atoms with Gasteiger partial charge < -0.3 is 15.4 Å². The number of ether oxygens (including phenoxy) is 1. The zero-order valence-electron chi connectivity index (χ0n) is 12.4. The van der Waals surface area contributed by atoms with Gasteiger partial charge in [0.2, 0.25) is 0 Å². The van der Waals surface area contributed by atoms with Crippen LogP contribution in [0.4, 0.5) is 0 Å². The minimum Gasteiger partial charge on any atom is -0.373 e. The van der Waals surface area contributed by atoms with E-state index in [4.69, 9.17) is 16.3 Å². The first-order valence-electron chi connectivity index (χ1n) is 6.94. The Labute approximate surface area is 152 Å². The Morgan fingerprint density at radius 1 is 1.48 bits per heavy atom. The summed E-state index contributed by atoms with van der Waals surface area (Å²) in [6.45, 7) is 4.64. The third-order valence-electron chi connectivity index (χ3n) is 3.45. The van der Waals surface area contributed by atoms with Crippen molar-refractivity contribution in [1.29, 1.82) is 0 Å². The van der Waals surface area contributed by atoms with E-state index in [1.807, 2.05) is 6.07 Å². The Kier molecular flexibility index (Phi) is 8.30. The quantitative estimate of drug-likeness (QED) is 0.417. The SMILES string of the molecule is CN=C(NCCc1ccc(Cl)s1)NCC1(C)CCCO1.I. The molecule has 1 aromatic heterocycles. The van der Waals surface area contributed by atoms with Gasteiger partial charge in [-0.1, -0.05) is 11.6 Å². The van der Waals surface area contributed by atoms with Crippen LogP contribution in [0.3, 0.4) is 0 Å². The number of hydrogen-bond donors (Lipinski definition) is 2. The molecule has 120 valence electrons. The zero-order valence-corrected chi connectivity index (χ0v) is 16.4. The third-order valence-corrected chi connectivity index (χ3v) is 4.74. The standard InChI is InChI=1S/C14H22ClN3OS.HI/c1-14(7-3-9-19-14)10-18-13(16-2)17-8-6-11-4-5-12(15)20-11;/h4-5H,3,6-10H2,1-2H3,(H2,16,17,18);1H. The summed E-state index contributed by atoms with van der Waals surface area (Å²) in [5, 5.41) is 6.65. The maximum absolute atomic E-state index is 5.92. The third kappa shape index (κ3) is 6.30. The summed E-state index contributed by atoms with van der Waals surface area (Å²) >= 11 is 7.54. The van der Waals surface area contributed by atoms with E-state index in [2.05, 4.69) is 28.6 Å². The second-order valence-electron chi connectivity index (χ2n) is 5.21. The van der Waals surface area contributed by atoms with Crippen LogP contribution in [0.5, 0.6) is 0 Å². The fourth-order valence-corrected chi connectivity index (χ4v) is 3.34. The topological polar surface area (TPSA) is 45.7 Å². The minimum atomic E-state index is -0.0566. The van der Waals surface area contributed by atoms with E-state index in [1.165, 1.54) is 4.88 Å². The second-order valence-corrected chi connectivity index (χ2v) is 7.01. The van der Waals surface area contributed by atoms with Gasteiger partial charge in [0.25, 0.3) is 0 Å². The summed E-state index contributed by atoms with van der Waals surface area (Å²) in [5.74, 6) is 0.823.